The van der Waals surface area contributed by atoms with E-state index in [9.17, 15) is 8.42 Å². The smallest absolute Gasteiger partial charge is 0.242 e. The fourth-order valence-electron chi connectivity index (χ4n) is 1.70. The van der Waals surface area contributed by atoms with Crippen molar-refractivity contribution in [2.24, 2.45) is 5.92 Å². The van der Waals surface area contributed by atoms with Crippen molar-refractivity contribution in [3.63, 3.8) is 0 Å². The quantitative estimate of drug-likeness (QED) is 0.893. The lowest BCUT2D eigenvalue weighted by atomic mass is 10.1. The zero-order valence-corrected chi connectivity index (χ0v) is 12.0. The Morgan fingerprint density at radius 3 is 2.82 bits per heavy atom. The van der Waals surface area contributed by atoms with E-state index < -0.39 is 10.0 Å². The summed E-state index contributed by atoms with van der Waals surface area (Å²) in [7, 11) is -3.54. The summed E-state index contributed by atoms with van der Waals surface area (Å²) < 4.78 is 27.1. The molecule has 1 aliphatic heterocycles. The number of thiophene rings is 1. The summed E-state index contributed by atoms with van der Waals surface area (Å²) in [6, 6.07) is 1.38. The van der Waals surface area contributed by atoms with E-state index in [0.29, 0.717) is 16.8 Å². The molecular formula is C9H12Cl2N2O2S2. The van der Waals surface area contributed by atoms with Crippen molar-refractivity contribution >= 4 is 44.6 Å². The monoisotopic (exact) mass is 314 g/mol. The molecule has 2 N–H and O–H groups in total. The molecular weight excluding hydrogens is 303 g/mol. The highest BCUT2D eigenvalue weighted by molar-refractivity contribution is 7.89. The van der Waals surface area contributed by atoms with Gasteiger partial charge >= 0.3 is 0 Å². The minimum atomic E-state index is -3.54. The van der Waals surface area contributed by atoms with Crippen LogP contribution in [0.15, 0.2) is 11.0 Å². The topological polar surface area (TPSA) is 58.2 Å². The molecule has 1 saturated heterocycles. The van der Waals surface area contributed by atoms with Gasteiger partial charge in [-0.25, -0.2) is 13.1 Å². The van der Waals surface area contributed by atoms with Crippen LogP contribution in [0.1, 0.15) is 6.42 Å². The fourth-order valence-corrected chi connectivity index (χ4v) is 4.97. The first-order chi connectivity index (χ1) is 7.99. The first-order valence-corrected chi connectivity index (χ1v) is 8.20. The molecule has 0 amide bonds. The van der Waals surface area contributed by atoms with E-state index in [1.807, 2.05) is 0 Å². The van der Waals surface area contributed by atoms with Gasteiger partial charge in [0, 0.05) is 6.54 Å². The maximum Gasteiger partial charge on any atom is 0.242 e. The number of halogens is 2. The van der Waals surface area contributed by atoms with Gasteiger partial charge in [0.25, 0.3) is 0 Å². The molecule has 1 fully saturated rings. The molecule has 0 radical (unpaired) electrons. The van der Waals surface area contributed by atoms with Crippen LogP contribution in [0.3, 0.4) is 0 Å². The number of nitrogens with one attached hydrogen (secondary N) is 2. The molecule has 0 spiro atoms. The van der Waals surface area contributed by atoms with Crippen LogP contribution in [0.4, 0.5) is 0 Å². The Balaban J connectivity index is 2.05. The summed E-state index contributed by atoms with van der Waals surface area (Å²) in [6.45, 7) is 2.22. The largest absolute Gasteiger partial charge is 0.316 e. The van der Waals surface area contributed by atoms with Crippen molar-refractivity contribution in [2.45, 2.75) is 11.3 Å². The highest BCUT2D eigenvalue weighted by Crippen LogP contribution is 2.34. The Kier molecular flexibility index (Phi) is 4.33. The maximum atomic E-state index is 12.0. The third-order valence-corrected chi connectivity index (χ3v) is 5.82. The van der Waals surface area contributed by atoms with E-state index in [1.165, 1.54) is 6.07 Å². The molecule has 17 heavy (non-hydrogen) atoms. The normalized spacial score (nSPS) is 20.9. The van der Waals surface area contributed by atoms with Gasteiger partial charge in [-0.3, -0.25) is 0 Å². The molecule has 2 heterocycles. The highest BCUT2D eigenvalue weighted by Gasteiger charge is 2.23. The predicted molar refractivity (Wildman–Crippen MR) is 70.5 cm³/mol. The van der Waals surface area contributed by atoms with Gasteiger partial charge in [-0.1, -0.05) is 23.2 Å². The van der Waals surface area contributed by atoms with Crippen LogP contribution in [0.5, 0.6) is 0 Å². The summed E-state index contributed by atoms with van der Waals surface area (Å²) in [5.74, 6) is 0.345. The Bertz CT molecular complexity index is 495. The second kappa shape index (κ2) is 5.42. The van der Waals surface area contributed by atoms with Gasteiger partial charge in [-0.2, -0.15) is 0 Å². The number of sulfonamides is 1. The third-order valence-electron chi connectivity index (χ3n) is 2.64. The standard InChI is InChI=1S/C9H12Cl2N2O2S2/c10-8-3-7(9(11)16-8)17(14,15)13-5-6-1-2-12-4-6/h3,6,12-13H,1-2,4-5H2. The molecule has 1 unspecified atom stereocenters. The molecule has 0 aliphatic carbocycles. The molecule has 0 bridgehead atoms. The van der Waals surface area contributed by atoms with E-state index in [4.69, 9.17) is 23.2 Å². The summed E-state index contributed by atoms with van der Waals surface area (Å²) in [6.07, 6.45) is 0.987. The lowest BCUT2D eigenvalue weighted by molar-refractivity contribution is 0.539. The minimum Gasteiger partial charge on any atom is -0.316 e. The van der Waals surface area contributed by atoms with Crippen LogP contribution >= 0.6 is 34.5 Å². The van der Waals surface area contributed by atoms with E-state index in [2.05, 4.69) is 10.0 Å². The molecule has 1 aliphatic rings. The van der Waals surface area contributed by atoms with Crippen LogP contribution in [0.25, 0.3) is 0 Å². The SMILES string of the molecule is O=S(=O)(NCC1CCNC1)c1cc(Cl)sc1Cl. The van der Waals surface area contributed by atoms with E-state index in [1.54, 1.807) is 0 Å². The van der Waals surface area contributed by atoms with Crippen LogP contribution in [0, 0.1) is 5.92 Å². The van der Waals surface area contributed by atoms with Gasteiger partial charge in [0.1, 0.15) is 9.23 Å². The third kappa shape index (κ3) is 3.33. The zero-order valence-electron chi connectivity index (χ0n) is 8.87. The fraction of sp³-hybridized carbons (Fsp3) is 0.556. The van der Waals surface area contributed by atoms with Crippen LogP contribution in [-0.2, 0) is 10.0 Å². The lowest BCUT2D eigenvalue weighted by Crippen LogP contribution is -2.30. The number of hydrogen-bond acceptors (Lipinski definition) is 4. The van der Waals surface area contributed by atoms with Gasteiger partial charge < -0.3 is 5.32 Å². The Morgan fingerprint density at radius 2 is 2.29 bits per heavy atom. The van der Waals surface area contributed by atoms with Crippen LogP contribution in [-0.4, -0.2) is 28.1 Å². The van der Waals surface area contributed by atoms with E-state index in [0.717, 1.165) is 30.8 Å². The summed E-state index contributed by atoms with van der Waals surface area (Å²) in [5, 5.41) is 3.18. The van der Waals surface area contributed by atoms with Crippen molar-refractivity contribution in [1.29, 1.82) is 0 Å². The second-order valence-corrected chi connectivity index (χ2v) is 7.92. The maximum absolute atomic E-state index is 12.0. The summed E-state index contributed by atoms with van der Waals surface area (Å²) in [5.41, 5.74) is 0. The molecule has 4 nitrogen and oxygen atoms in total. The molecule has 96 valence electrons. The van der Waals surface area contributed by atoms with Crippen molar-refractivity contribution in [3.05, 3.63) is 14.7 Å². The summed E-state index contributed by atoms with van der Waals surface area (Å²) in [4.78, 5) is 0.0696. The molecule has 1 aromatic rings. The molecule has 0 saturated carbocycles. The van der Waals surface area contributed by atoms with Gasteiger partial charge in [0.05, 0.1) is 4.34 Å². The average Bonchev–Trinajstić information content (AvgIpc) is 2.85. The van der Waals surface area contributed by atoms with Gasteiger partial charge in [0.15, 0.2) is 0 Å². The van der Waals surface area contributed by atoms with E-state index >= 15 is 0 Å². The van der Waals surface area contributed by atoms with Gasteiger partial charge in [0.2, 0.25) is 10.0 Å². The van der Waals surface area contributed by atoms with Gasteiger partial charge in [-0.05, 0) is 31.5 Å². The molecule has 2 rings (SSSR count). The molecule has 0 aromatic carbocycles. The number of rotatable bonds is 4. The van der Waals surface area contributed by atoms with Crippen molar-refractivity contribution < 1.29 is 8.42 Å². The van der Waals surface area contributed by atoms with Crippen molar-refractivity contribution in [2.75, 3.05) is 19.6 Å². The minimum absolute atomic E-state index is 0.0696. The van der Waals surface area contributed by atoms with Crippen molar-refractivity contribution in [1.82, 2.24) is 10.0 Å². The first kappa shape index (κ1) is 13.6. The Hall–Kier alpha value is 0.150. The average molecular weight is 315 g/mol. The molecule has 1 atom stereocenters. The van der Waals surface area contributed by atoms with Crippen LogP contribution in [0.2, 0.25) is 8.67 Å². The summed E-state index contributed by atoms with van der Waals surface area (Å²) >= 11 is 12.6. The molecule has 1 aromatic heterocycles. The predicted octanol–water partition coefficient (Wildman–Crippen LogP) is 1.94. The number of hydrogen-bond donors (Lipinski definition) is 2. The molecule has 8 heteroatoms. The Morgan fingerprint density at radius 1 is 1.53 bits per heavy atom. The van der Waals surface area contributed by atoms with Crippen LogP contribution < -0.4 is 10.0 Å². The first-order valence-electron chi connectivity index (χ1n) is 5.14. The zero-order chi connectivity index (χ0) is 12.5. The lowest BCUT2D eigenvalue weighted by Gasteiger charge is -2.09. The highest BCUT2D eigenvalue weighted by atomic mass is 35.5. The van der Waals surface area contributed by atoms with Gasteiger partial charge in [-0.15, -0.1) is 11.3 Å². The van der Waals surface area contributed by atoms with E-state index in [-0.39, 0.29) is 9.23 Å². The second-order valence-electron chi connectivity index (χ2n) is 3.90. The Labute approximate surface area is 114 Å². The van der Waals surface area contributed by atoms with Crippen molar-refractivity contribution in [3.8, 4) is 0 Å².